The molecule has 0 aromatic carbocycles. The van der Waals surface area contributed by atoms with E-state index in [2.05, 4.69) is 10.2 Å². The van der Waals surface area contributed by atoms with Crippen molar-refractivity contribution in [1.82, 2.24) is 0 Å². The van der Waals surface area contributed by atoms with Crippen LogP contribution in [0.2, 0.25) is 0 Å². The minimum Gasteiger partial charge on any atom is -0.200 e. The highest BCUT2D eigenvalue weighted by molar-refractivity contribution is 5.11. The van der Waals surface area contributed by atoms with Gasteiger partial charge in [0.2, 0.25) is 0 Å². The van der Waals surface area contributed by atoms with Crippen LogP contribution in [0.15, 0.2) is 10.2 Å². The molecule has 0 bridgehead atoms. The zero-order valence-corrected chi connectivity index (χ0v) is 13.0. The molecule has 0 rings (SSSR count). The van der Waals surface area contributed by atoms with Crippen molar-refractivity contribution in [3.05, 3.63) is 20.9 Å². The van der Waals surface area contributed by atoms with Gasteiger partial charge in [-0.15, -0.1) is 0 Å². The standard InChI is InChI=1S/C10H8F12N6.CH4/c11-5(12,1-3-25-27-23)7(15,16)9(19,20)10(21,22)8(17,18)6(13,14)2-4-26-28-24;/h1-4H2;1H4. The topological polar surface area (TPSA) is 97.5 Å². The Morgan fingerprint density at radius 3 is 0.966 bits per heavy atom. The molecule has 29 heavy (non-hydrogen) atoms. The zero-order chi connectivity index (χ0) is 22.7. The Morgan fingerprint density at radius 1 is 0.517 bits per heavy atom. The van der Waals surface area contributed by atoms with Crippen LogP contribution in [0.5, 0.6) is 0 Å². The van der Waals surface area contributed by atoms with E-state index in [-0.39, 0.29) is 7.43 Å². The first kappa shape index (κ1) is 29.0. The lowest BCUT2D eigenvalue weighted by Crippen LogP contribution is -2.70. The number of rotatable bonds is 11. The van der Waals surface area contributed by atoms with Gasteiger partial charge in [0.05, 0.1) is 0 Å². The van der Waals surface area contributed by atoms with Crippen molar-refractivity contribution >= 4 is 0 Å². The third kappa shape index (κ3) is 4.86. The van der Waals surface area contributed by atoms with Gasteiger partial charge in [0.25, 0.3) is 0 Å². The summed E-state index contributed by atoms with van der Waals surface area (Å²) in [6.07, 6.45) is -4.96. The predicted molar refractivity (Wildman–Crippen MR) is 73.7 cm³/mol. The van der Waals surface area contributed by atoms with Gasteiger partial charge in [0, 0.05) is 35.8 Å². The normalized spacial score (nSPS) is 13.8. The van der Waals surface area contributed by atoms with E-state index in [4.69, 9.17) is 11.1 Å². The van der Waals surface area contributed by atoms with Crippen LogP contribution in [0.1, 0.15) is 20.3 Å². The molecule has 6 nitrogen and oxygen atoms in total. The molecule has 170 valence electrons. The fraction of sp³-hybridized carbons (Fsp3) is 1.00. The molecule has 0 saturated heterocycles. The Balaban J connectivity index is 0. The van der Waals surface area contributed by atoms with Crippen molar-refractivity contribution in [2.75, 3.05) is 13.1 Å². The second-order valence-electron chi connectivity index (χ2n) is 5.12. The van der Waals surface area contributed by atoms with Crippen molar-refractivity contribution in [3.63, 3.8) is 0 Å². The lowest BCUT2D eigenvalue weighted by atomic mass is 9.89. The molecule has 0 radical (unpaired) electrons. The summed E-state index contributed by atoms with van der Waals surface area (Å²) in [5.74, 6) is -42.1. The molecule has 0 amide bonds. The number of halogens is 12. The highest BCUT2D eigenvalue weighted by Gasteiger charge is 2.89. The first-order valence-electron chi connectivity index (χ1n) is 6.66. The van der Waals surface area contributed by atoms with Gasteiger partial charge in [0.1, 0.15) is 0 Å². The van der Waals surface area contributed by atoms with Gasteiger partial charge in [0.15, 0.2) is 0 Å². The summed E-state index contributed by atoms with van der Waals surface area (Å²) in [5.41, 5.74) is 15.6. The molecule has 0 fully saturated rings. The van der Waals surface area contributed by atoms with Crippen molar-refractivity contribution in [2.24, 2.45) is 10.2 Å². The van der Waals surface area contributed by atoms with Crippen molar-refractivity contribution in [1.29, 1.82) is 0 Å². The van der Waals surface area contributed by atoms with E-state index in [0.29, 0.717) is 0 Å². The second-order valence-corrected chi connectivity index (χ2v) is 5.12. The van der Waals surface area contributed by atoms with E-state index in [1.54, 1.807) is 9.82 Å². The van der Waals surface area contributed by atoms with E-state index in [0.717, 1.165) is 0 Å². The number of hydrogen-bond acceptors (Lipinski definition) is 2. The lowest BCUT2D eigenvalue weighted by Gasteiger charge is -2.41. The molecule has 0 aromatic rings. The fourth-order valence-electron chi connectivity index (χ4n) is 1.64. The smallest absolute Gasteiger partial charge is 0.200 e. The van der Waals surface area contributed by atoms with E-state index in [1.165, 1.54) is 0 Å². The van der Waals surface area contributed by atoms with Crippen LogP contribution in [0.3, 0.4) is 0 Å². The van der Waals surface area contributed by atoms with Gasteiger partial charge in [-0.1, -0.05) is 17.7 Å². The molecule has 0 atom stereocenters. The SMILES string of the molecule is C.[N-]=[N+]=NCCC(F)(F)C(F)(F)C(F)(F)C(F)(F)C(F)(F)C(F)(F)CCN=[N+]=[N-]. The van der Waals surface area contributed by atoms with Crippen molar-refractivity contribution in [3.8, 4) is 0 Å². The van der Waals surface area contributed by atoms with Crippen LogP contribution in [0.4, 0.5) is 52.7 Å². The summed E-state index contributed by atoms with van der Waals surface area (Å²) in [6.45, 7) is -3.25. The molecule has 0 aliphatic heterocycles. The highest BCUT2D eigenvalue weighted by atomic mass is 19.4. The van der Waals surface area contributed by atoms with Gasteiger partial charge >= 0.3 is 35.5 Å². The monoisotopic (exact) mass is 456 g/mol. The van der Waals surface area contributed by atoms with Gasteiger partial charge in [-0.05, 0) is 11.1 Å². The average molecular weight is 456 g/mol. The van der Waals surface area contributed by atoms with Crippen LogP contribution >= 0.6 is 0 Å². The largest absolute Gasteiger partial charge is 0.384 e. The van der Waals surface area contributed by atoms with Crippen molar-refractivity contribution in [2.45, 2.75) is 55.8 Å². The average Bonchev–Trinajstić information content (AvgIpc) is 2.54. The summed E-state index contributed by atoms with van der Waals surface area (Å²) in [4.78, 5) is 3.59. The molecule has 0 heterocycles. The second kappa shape index (κ2) is 9.07. The molecule has 18 heteroatoms. The Kier molecular flexibility index (Phi) is 9.06. The summed E-state index contributed by atoms with van der Waals surface area (Å²) >= 11 is 0. The molecule has 0 saturated carbocycles. The van der Waals surface area contributed by atoms with Crippen LogP contribution in [0, 0.1) is 0 Å². The molecule has 0 aliphatic carbocycles. The maximum Gasteiger partial charge on any atom is 0.384 e. The van der Waals surface area contributed by atoms with E-state index < -0.39 is 61.5 Å². The Labute approximate surface area is 154 Å². The summed E-state index contributed by atoms with van der Waals surface area (Å²) < 4.78 is 160. The van der Waals surface area contributed by atoms with E-state index >= 15 is 0 Å². The van der Waals surface area contributed by atoms with E-state index in [9.17, 15) is 52.7 Å². The first-order valence-corrected chi connectivity index (χ1v) is 6.66. The first-order chi connectivity index (χ1) is 12.4. The molecule has 0 unspecified atom stereocenters. The Morgan fingerprint density at radius 2 is 0.759 bits per heavy atom. The van der Waals surface area contributed by atoms with Crippen LogP contribution in [0.25, 0.3) is 20.9 Å². The number of nitrogens with zero attached hydrogens (tertiary/aromatic N) is 6. The van der Waals surface area contributed by atoms with Crippen LogP contribution in [-0.2, 0) is 0 Å². The molecule has 0 aliphatic rings. The minimum atomic E-state index is -7.68. The molecule has 0 N–H and O–H groups in total. The highest BCUT2D eigenvalue weighted by Crippen LogP contribution is 2.60. The van der Waals surface area contributed by atoms with Crippen LogP contribution < -0.4 is 0 Å². The summed E-state index contributed by atoms with van der Waals surface area (Å²) in [6, 6.07) is 0. The number of hydrogen-bond donors (Lipinski definition) is 0. The maximum atomic E-state index is 13.4. The quantitative estimate of drug-likeness (QED) is 0.141. The zero-order valence-electron chi connectivity index (χ0n) is 13.0. The van der Waals surface area contributed by atoms with Crippen LogP contribution in [-0.4, -0.2) is 48.6 Å². The van der Waals surface area contributed by atoms with E-state index in [1.807, 2.05) is 0 Å². The maximum absolute atomic E-state index is 13.4. The van der Waals surface area contributed by atoms with Gasteiger partial charge < -0.3 is 0 Å². The van der Waals surface area contributed by atoms with Gasteiger partial charge in [-0.25, -0.2) is 0 Å². The third-order valence-corrected chi connectivity index (χ3v) is 3.28. The molecule has 0 aromatic heterocycles. The fourth-order valence-corrected chi connectivity index (χ4v) is 1.64. The third-order valence-electron chi connectivity index (χ3n) is 3.28. The Hall–Kier alpha value is -2.22. The summed E-state index contributed by atoms with van der Waals surface area (Å²) in [5, 5.41) is 4.54. The molecule has 0 spiro atoms. The minimum absolute atomic E-state index is 0. The lowest BCUT2D eigenvalue weighted by molar-refractivity contribution is -0.425. The predicted octanol–water partition coefficient (Wildman–Crippen LogP) is 6.84. The van der Waals surface area contributed by atoms with Gasteiger partial charge in [-0.2, -0.15) is 52.7 Å². The van der Waals surface area contributed by atoms with Crippen molar-refractivity contribution < 1.29 is 52.7 Å². The number of azide groups is 2. The Bertz CT molecular complexity index is 595. The molecular formula is C11H12F12N6. The molecular weight excluding hydrogens is 444 g/mol. The number of alkyl halides is 12. The van der Waals surface area contributed by atoms with Gasteiger partial charge in [-0.3, -0.25) is 0 Å². The summed E-state index contributed by atoms with van der Waals surface area (Å²) in [7, 11) is 0.